The van der Waals surface area contributed by atoms with Gasteiger partial charge < -0.3 is 5.32 Å². The molecular weight excluding hydrogens is 222 g/mol. The first-order valence-corrected chi connectivity index (χ1v) is 7.18. The summed E-state index contributed by atoms with van der Waals surface area (Å²) in [5, 5.41) is 3.48. The third-order valence-corrected chi connectivity index (χ3v) is 3.75. The Labute approximate surface area is 111 Å². The Kier molecular flexibility index (Phi) is 4.59. The van der Waals surface area contributed by atoms with E-state index in [-0.39, 0.29) is 0 Å². The van der Waals surface area contributed by atoms with Crippen molar-refractivity contribution in [1.82, 2.24) is 9.88 Å². The number of aryl methyl sites for hydroxylation is 1. The summed E-state index contributed by atoms with van der Waals surface area (Å²) in [7, 11) is 0. The van der Waals surface area contributed by atoms with Crippen LogP contribution in [0.15, 0.2) is 12.3 Å². The molecule has 0 saturated carbocycles. The Morgan fingerprint density at radius 2 is 2.28 bits per heavy atom. The third kappa shape index (κ3) is 3.02. The highest BCUT2D eigenvalue weighted by Crippen LogP contribution is 2.22. The van der Waals surface area contributed by atoms with E-state index < -0.39 is 0 Å². The third-order valence-electron chi connectivity index (χ3n) is 3.75. The quantitative estimate of drug-likeness (QED) is 0.889. The zero-order valence-corrected chi connectivity index (χ0v) is 11.9. The molecule has 2 rings (SSSR count). The fraction of sp³-hybridized carbons (Fsp3) is 0.667. The molecule has 1 N–H and O–H groups in total. The van der Waals surface area contributed by atoms with Gasteiger partial charge in [0, 0.05) is 30.9 Å². The van der Waals surface area contributed by atoms with Gasteiger partial charge in [0.15, 0.2) is 0 Å². The molecule has 0 fully saturated rings. The Balaban J connectivity index is 2.24. The van der Waals surface area contributed by atoms with Crippen LogP contribution in [-0.4, -0.2) is 29.0 Å². The fourth-order valence-electron chi connectivity index (χ4n) is 2.81. The van der Waals surface area contributed by atoms with Crippen molar-refractivity contribution in [1.29, 1.82) is 0 Å². The molecule has 1 atom stereocenters. The molecular formula is C15H25N3. The molecule has 1 aromatic heterocycles. The second kappa shape index (κ2) is 6.19. The molecule has 3 nitrogen and oxygen atoms in total. The highest BCUT2D eigenvalue weighted by Gasteiger charge is 2.20. The topological polar surface area (TPSA) is 28.2 Å². The lowest BCUT2D eigenvalue weighted by Gasteiger charge is -2.33. The van der Waals surface area contributed by atoms with Gasteiger partial charge in [0.05, 0.1) is 0 Å². The van der Waals surface area contributed by atoms with Crippen molar-refractivity contribution in [2.24, 2.45) is 0 Å². The van der Waals surface area contributed by atoms with Gasteiger partial charge in [-0.1, -0.05) is 13.8 Å². The van der Waals surface area contributed by atoms with Gasteiger partial charge in [-0.25, -0.2) is 4.98 Å². The van der Waals surface area contributed by atoms with Crippen molar-refractivity contribution < 1.29 is 0 Å². The molecule has 1 aliphatic heterocycles. The van der Waals surface area contributed by atoms with E-state index in [1.165, 1.54) is 36.9 Å². The van der Waals surface area contributed by atoms with Crippen LogP contribution in [0.3, 0.4) is 0 Å². The maximum atomic E-state index is 4.53. The Morgan fingerprint density at radius 3 is 3.00 bits per heavy atom. The van der Waals surface area contributed by atoms with Crippen molar-refractivity contribution in [2.75, 3.05) is 18.4 Å². The van der Waals surface area contributed by atoms with Crippen LogP contribution in [0.4, 0.5) is 5.82 Å². The van der Waals surface area contributed by atoms with Gasteiger partial charge >= 0.3 is 0 Å². The standard InChI is InChI=1S/C15H25N3/c1-4-8-18-11-13-9-12(3)10-17-15(13)16-7-6-14(18)5-2/h9-10,14H,4-8,11H2,1-3H3,(H,16,17). The van der Waals surface area contributed by atoms with Crippen molar-refractivity contribution >= 4 is 5.82 Å². The Morgan fingerprint density at radius 1 is 1.44 bits per heavy atom. The van der Waals surface area contributed by atoms with E-state index in [0.717, 1.165) is 18.9 Å². The average molecular weight is 247 g/mol. The predicted molar refractivity (Wildman–Crippen MR) is 76.9 cm³/mol. The molecule has 18 heavy (non-hydrogen) atoms. The van der Waals surface area contributed by atoms with E-state index in [4.69, 9.17) is 0 Å². The van der Waals surface area contributed by atoms with Crippen LogP contribution in [0, 0.1) is 6.92 Å². The molecule has 0 aliphatic carbocycles. The number of aromatic nitrogens is 1. The van der Waals surface area contributed by atoms with Crippen LogP contribution in [0.5, 0.6) is 0 Å². The number of nitrogens with zero attached hydrogens (tertiary/aromatic N) is 2. The minimum absolute atomic E-state index is 0.700. The van der Waals surface area contributed by atoms with Gasteiger partial charge in [0.25, 0.3) is 0 Å². The van der Waals surface area contributed by atoms with Gasteiger partial charge in [-0.3, -0.25) is 4.90 Å². The lowest BCUT2D eigenvalue weighted by molar-refractivity contribution is 0.173. The maximum Gasteiger partial charge on any atom is 0.130 e. The smallest absolute Gasteiger partial charge is 0.130 e. The monoisotopic (exact) mass is 247 g/mol. The number of rotatable bonds is 3. The molecule has 0 radical (unpaired) electrons. The van der Waals surface area contributed by atoms with Crippen molar-refractivity contribution in [3.63, 3.8) is 0 Å². The minimum Gasteiger partial charge on any atom is -0.370 e. The summed E-state index contributed by atoms with van der Waals surface area (Å²) in [6, 6.07) is 2.97. The highest BCUT2D eigenvalue weighted by molar-refractivity contribution is 5.45. The van der Waals surface area contributed by atoms with E-state index in [9.17, 15) is 0 Å². The summed E-state index contributed by atoms with van der Waals surface area (Å²) in [5.74, 6) is 1.08. The van der Waals surface area contributed by atoms with E-state index in [0.29, 0.717) is 6.04 Å². The first-order chi connectivity index (χ1) is 8.74. The van der Waals surface area contributed by atoms with Gasteiger partial charge in [-0.2, -0.15) is 0 Å². The van der Waals surface area contributed by atoms with Crippen LogP contribution in [-0.2, 0) is 6.54 Å². The summed E-state index contributed by atoms with van der Waals surface area (Å²) in [4.78, 5) is 7.15. The van der Waals surface area contributed by atoms with Gasteiger partial charge in [0.1, 0.15) is 5.82 Å². The number of pyridine rings is 1. The van der Waals surface area contributed by atoms with Crippen molar-refractivity contribution in [2.45, 2.75) is 52.6 Å². The number of anilines is 1. The van der Waals surface area contributed by atoms with Crippen molar-refractivity contribution in [3.8, 4) is 0 Å². The fourth-order valence-corrected chi connectivity index (χ4v) is 2.81. The first-order valence-electron chi connectivity index (χ1n) is 7.18. The summed E-state index contributed by atoms with van der Waals surface area (Å²) in [5.41, 5.74) is 2.60. The average Bonchev–Trinajstić information content (AvgIpc) is 2.34. The lowest BCUT2D eigenvalue weighted by Crippen LogP contribution is -2.38. The van der Waals surface area contributed by atoms with Crippen LogP contribution in [0.25, 0.3) is 0 Å². The van der Waals surface area contributed by atoms with Crippen LogP contribution < -0.4 is 5.32 Å². The first kappa shape index (κ1) is 13.3. The Hall–Kier alpha value is -1.09. The summed E-state index contributed by atoms with van der Waals surface area (Å²) in [6.45, 7) is 9.92. The van der Waals surface area contributed by atoms with Crippen molar-refractivity contribution in [3.05, 3.63) is 23.4 Å². The van der Waals surface area contributed by atoms with Gasteiger partial charge in [-0.05, 0) is 44.4 Å². The summed E-state index contributed by atoms with van der Waals surface area (Å²) in [6.07, 6.45) is 5.62. The molecule has 0 spiro atoms. The molecule has 1 aliphatic rings. The summed E-state index contributed by atoms with van der Waals surface area (Å²) < 4.78 is 0. The second-order valence-electron chi connectivity index (χ2n) is 5.27. The molecule has 1 unspecified atom stereocenters. The van der Waals surface area contributed by atoms with Crippen LogP contribution >= 0.6 is 0 Å². The Bertz CT molecular complexity index is 389. The van der Waals surface area contributed by atoms with Crippen LogP contribution in [0.1, 0.15) is 44.2 Å². The normalized spacial score (nSPS) is 20.7. The molecule has 1 aromatic rings. The zero-order valence-electron chi connectivity index (χ0n) is 11.9. The minimum atomic E-state index is 0.700. The largest absolute Gasteiger partial charge is 0.370 e. The lowest BCUT2D eigenvalue weighted by atomic mass is 10.0. The maximum absolute atomic E-state index is 4.53. The molecule has 0 bridgehead atoms. The number of nitrogens with one attached hydrogen (secondary N) is 1. The number of fused-ring (bicyclic) bond motifs is 1. The second-order valence-corrected chi connectivity index (χ2v) is 5.27. The van der Waals surface area contributed by atoms with E-state index in [1.54, 1.807) is 0 Å². The van der Waals surface area contributed by atoms with E-state index in [1.807, 2.05) is 6.20 Å². The molecule has 0 saturated heterocycles. The number of hydrogen-bond acceptors (Lipinski definition) is 3. The molecule has 100 valence electrons. The SMILES string of the molecule is CCCN1Cc2cc(C)cnc2NCCC1CC. The van der Waals surface area contributed by atoms with E-state index >= 15 is 0 Å². The summed E-state index contributed by atoms with van der Waals surface area (Å²) >= 11 is 0. The molecule has 0 amide bonds. The van der Waals surface area contributed by atoms with Gasteiger partial charge in [-0.15, -0.1) is 0 Å². The molecule has 2 heterocycles. The zero-order chi connectivity index (χ0) is 13.0. The predicted octanol–water partition coefficient (Wildman–Crippen LogP) is 3.20. The molecule has 3 heteroatoms. The van der Waals surface area contributed by atoms with Crippen LogP contribution in [0.2, 0.25) is 0 Å². The van der Waals surface area contributed by atoms with E-state index in [2.05, 4.69) is 42.0 Å². The highest BCUT2D eigenvalue weighted by atomic mass is 15.2. The molecule has 0 aromatic carbocycles. The number of hydrogen-bond donors (Lipinski definition) is 1. The van der Waals surface area contributed by atoms with Gasteiger partial charge in [0.2, 0.25) is 0 Å².